The van der Waals surface area contributed by atoms with Gasteiger partial charge in [0.05, 0.1) is 30.8 Å². The second-order valence-electron chi connectivity index (χ2n) is 6.98. The molecule has 1 aliphatic rings. The van der Waals surface area contributed by atoms with Crippen molar-refractivity contribution in [2.45, 2.75) is 32.2 Å². The van der Waals surface area contributed by atoms with E-state index in [1.165, 1.54) is 18.5 Å². The Balaban J connectivity index is 1.75. The zero-order chi connectivity index (χ0) is 21.7. The fourth-order valence-electron chi connectivity index (χ4n) is 2.94. The number of rotatable bonds is 6. The number of nitrogens with one attached hydrogen (secondary N) is 2. The standard InChI is InChI=1S/C18H21F3N8O/c1-11(2)29-3-4-30-13(10-29)8-24-14-5-15(27-28-17(14)18(19,20)21)26-16-9-23-12(6-22)7-25-16/h5,7,9,11,13H,3-4,8,10H2,1-2H3,(H2,24,25,26,27). The van der Waals surface area contributed by atoms with Crippen LogP contribution in [-0.4, -0.2) is 63.5 Å². The van der Waals surface area contributed by atoms with Gasteiger partial charge < -0.3 is 15.4 Å². The normalized spacial score (nSPS) is 17.6. The maximum absolute atomic E-state index is 13.4. The number of hydrogen-bond donors (Lipinski definition) is 2. The molecular weight excluding hydrogens is 401 g/mol. The lowest BCUT2D eigenvalue weighted by molar-refractivity contribution is -0.141. The summed E-state index contributed by atoms with van der Waals surface area (Å²) in [5, 5.41) is 21.2. The van der Waals surface area contributed by atoms with Crippen LogP contribution in [0, 0.1) is 11.3 Å². The summed E-state index contributed by atoms with van der Waals surface area (Å²) in [5.74, 6) is 0.273. The molecular formula is C18H21F3N8O. The molecule has 0 aliphatic carbocycles. The van der Waals surface area contributed by atoms with Gasteiger partial charge >= 0.3 is 6.18 Å². The van der Waals surface area contributed by atoms with Crippen LogP contribution in [0.3, 0.4) is 0 Å². The number of alkyl halides is 3. The summed E-state index contributed by atoms with van der Waals surface area (Å²) in [7, 11) is 0. The van der Waals surface area contributed by atoms with E-state index in [-0.39, 0.29) is 35.7 Å². The largest absolute Gasteiger partial charge is 0.437 e. The molecule has 1 fully saturated rings. The van der Waals surface area contributed by atoms with Gasteiger partial charge in [-0.1, -0.05) is 0 Å². The summed E-state index contributed by atoms with van der Waals surface area (Å²) in [6, 6.07) is 3.36. The Morgan fingerprint density at radius 1 is 1.27 bits per heavy atom. The fourth-order valence-corrected chi connectivity index (χ4v) is 2.94. The molecule has 12 heteroatoms. The number of morpholine rings is 1. The minimum absolute atomic E-state index is 0.0536. The van der Waals surface area contributed by atoms with Crippen LogP contribution in [0.1, 0.15) is 25.2 Å². The molecule has 160 valence electrons. The molecule has 1 unspecified atom stereocenters. The molecule has 3 heterocycles. The van der Waals surface area contributed by atoms with Crippen molar-refractivity contribution in [2.24, 2.45) is 0 Å². The molecule has 0 bridgehead atoms. The van der Waals surface area contributed by atoms with E-state index < -0.39 is 11.9 Å². The Morgan fingerprint density at radius 2 is 2.07 bits per heavy atom. The van der Waals surface area contributed by atoms with Crippen molar-refractivity contribution in [1.82, 2.24) is 25.1 Å². The molecule has 2 N–H and O–H groups in total. The molecule has 3 rings (SSSR count). The first-order valence-corrected chi connectivity index (χ1v) is 9.30. The maximum atomic E-state index is 13.4. The molecule has 2 aromatic heterocycles. The Kier molecular flexibility index (Phi) is 6.63. The van der Waals surface area contributed by atoms with Gasteiger partial charge in [0, 0.05) is 31.7 Å². The lowest BCUT2D eigenvalue weighted by Crippen LogP contribution is -2.48. The topological polar surface area (TPSA) is 112 Å². The van der Waals surface area contributed by atoms with Gasteiger partial charge in [-0.15, -0.1) is 10.2 Å². The van der Waals surface area contributed by atoms with Gasteiger partial charge in [0.25, 0.3) is 0 Å². The lowest BCUT2D eigenvalue weighted by Gasteiger charge is -2.35. The first kappa shape index (κ1) is 21.7. The van der Waals surface area contributed by atoms with Crippen LogP contribution < -0.4 is 10.6 Å². The maximum Gasteiger partial charge on any atom is 0.437 e. The van der Waals surface area contributed by atoms with Gasteiger partial charge in [-0.3, -0.25) is 4.90 Å². The smallest absolute Gasteiger partial charge is 0.380 e. The molecule has 0 aromatic carbocycles. The van der Waals surface area contributed by atoms with Crippen LogP contribution in [0.2, 0.25) is 0 Å². The molecule has 9 nitrogen and oxygen atoms in total. The zero-order valence-electron chi connectivity index (χ0n) is 16.4. The highest BCUT2D eigenvalue weighted by Crippen LogP contribution is 2.34. The number of hydrogen-bond acceptors (Lipinski definition) is 9. The highest BCUT2D eigenvalue weighted by Gasteiger charge is 2.37. The van der Waals surface area contributed by atoms with Gasteiger partial charge in [-0.2, -0.15) is 18.4 Å². The van der Waals surface area contributed by atoms with Crippen LogP contribution in [0.25, 0.3) is 0 Å². The second kappa shape index (κ2) is 9.19. The van der Waals surface area contributed by atoms with Crippen molar-refractivity contribution in [1.29, 1.82) is 5.26 Å². The lowest BCUT2D eigenvalue weighted by atomic mass is 10.2. The van der Waals surface area contributed by atoms with E-state index in [1.54, 1.807) is 0 Å². The molecule has 0 saturated carbocycles. The molecule has 0 spiro atoms. The predicted molar refractivity (Wildman–Crippen MR) is 102 cm³/mol. The summed E-state index contributed by atoms with van der Waals surface area (Å²) in [6.45, 7) is 6.25. The Labute approximate surface area is 171 Å². The van der Waals surface area contributed by atoms with E-state index in [2.05, 4.69) is 49.5 Å². The number of ether oxygens (including phenoxy) is 1. The van der Waals surface area contributed by atoms with Crippen LogP contribution in [0.15, 0.2) is 18.5 Å². The third kappa shape index (κ3) is 5.52. The SMILES string of the molecule is CC(C)N1CCOC(CNc2cc(Nc3cnc(C#N)cn3)nnc2C(F)(F)F)C1. The average Bonchev–Trinajstić information content (AvgIpc) is 2.72. The second-order valence-corrected chi connectivity index (χ2v) is 6.98. The van der Waals surface area contributed by atoms with E-state index in [0.717, 1.165) is 6.54 Å². The van der Waals surface area contributed by atoms with Gasteiger partial charge in [0.2, 0.25) is 0 Å². The van der Waals surface area contributed by atoms with Gasteiger partial charge in [0.15, 0.2) is 17.2 Å². The van der Waals surface area contributed by atoms with Gasteiger partial charge in [0.1, 0.15) is 11.9 Å². The first-order valence-electron chi connectivity index (χ1n) is 9.30. The number of aromatic nitrogens is 4. The highest BCUT2D eigenvalue weighted by molar-refractivity contribution is 5.60. The summed E-state index contributed by atoms with van der Waals surface area (Å²) >= 11 is 0. The van der Waals surface area contributed by atoms with Crippen molar-refractivity contribution in [3.8, 4) is 6.07 Å². The molecule has 0 radical (unpaired) electrons. The van der Waals surface area contributed by atoms with Crippen LogP contribution >= 0.6 is 0 Å². The number of halogens is 3. The minimum Gasteiger partial charge on any atom is -0.380 e. The Bertz CT molecular complexity index is 898. The minimum atomic E-state index is -4.67. The third-order valence-electron chi connectivity index (χ3n) is 4.51. The molecule has 0 amide bonds. The summed E-state index contributed by atoms with van der Waals surface area (Å²) in [6.07, 6.45) is -2.41. The quantitative estimate of drug-likeness (QED) is 0.725. The zero-order valence-corrected chi connectivity index (χ0v) is 16.4. The van der Waals surface area contributed by atoms with Crippen molar-refractivity contribution in [3.05, 3.63) is 29.8 Å². The fraction of sp³-hybridized carbons (Fsp3) is 0.500. The van der Waals surface area contributed by atoms with Crippen LogP contribution in [-0.2, 0) is 10.9 Å². The van der Waals surface area contributed by atoms with Crippen molar-refractivity contribution in [2.75, 3.05) is 36.9 Å². The number of anilines is 3. The van der Waals surface area contributed by atoms with Gasteiger partial charge in [-0.25, -0.2) is 9.97 Å². The molecule has 30 heavy (non-hydrogen) atoms. The van der Waals surface area contributed by atoms with Crippen molar-refractivity contribution < 1.29 is 17.9 Å². The van der Waals surface area contributed by atoms with E-state index in [4.69, 9.17) is 10.00 Å². The summed E-state index contributed by atoms with van der Waals surface area (Å²) in [4.78, 5) is 10.0. The number of nitrogens with zero attached hydrogens (tertiary/aromatic N) is 6. The molecule has 1 saturated heterocycles. The van der Waals surface area contributed by atoms with Crippen molar-refractivity contribution >= 4 is 17.3 Å². The first-order chi connectivity index (χ1) is 14.3. The van der Waals surface area contributed by atoms with E-state index in [1.807, 2.05) is 6.07 Å². The highest BCUT2D eigenvalue weighted by atomic mass is 19.4. The molecule has 2 aromatic rings. The van der Waals surface area contributed by atoms with Gasteiger partial charge in [-0.05, 0) is 13.8 Å². The van der Waals surface area contributed by atoms with Crippen LogP contribution in [0.4, 0.5) is 30.5 Å². The van der Waals surface area contributed by atoms with E-state index >= 15 is 0 Å². The average molecular weight is 422 g/mol. The Hall–Kier alpha value is -3.04. The Morgan fingerprint density at radius 3 is 2.70 bits per heavy atom. The third-order valence-corrected chi connectivity index (χ3v) is 4.51. The monoisotopic (exact) mass is 422 g/mol. The van der Waals surface area contributed by atoms with E-state index in [9.17, 15) is 13.2 Å². The molecule has 1 atom stereocenters. The van der Waals surface area contributed by atoms with E-state index in [0.29, 0.717) is 19.2 Å². The van der Waals surface area contributed by atoms with Crippen molar-refractivity contribution in [3.63, 3.8) is 0 Å². The molecule has 1 aliphatic heterocycles. The van der Waals surface area contributed by atoms with Crippen LogP contribution in [0.5, 0.6) is 0 Å². The summed E-state index contributed by atoms with van der Waals surface area (Å²) < 4.78 is 45.8. The predicted octanol–water partition coefficient (Wildman–Crippen LogP) is 2.42. The summed E-state index contributed by atoms with van der Waals surface area (Å²) in [5.41, 5.74) is -1.22. The number of nitriles is 1.